The average Bonchev–Trinajstić information content (AvgIpc) is 2.69. The molecule has 0 bridgehead atoms. The van der Waals surface area contributed by atoms with Gasteiger partial charge in [-0.05, 0) is 42.7 Å². The zero-order chi connectivity index (χ0) is 12.3. The Hall–Kier alpha value is -1.05. The second-order valence-corrected chi connectivity index (χ2v) is 5.58. The van der Waals surface area contributed by atoms with Crippen LogP contribution in [-0.2, 0) is 0 Å². The molecule has 2 heteroatoms. The van der Waals surface area contributed by atoms with Gasteiger partial charge in [0, 0.05) is 12.3 Å². The van der Waals surface area contributed by atoms with Gasteiger partial charge in [-0.3, -0.25) is 0 Å². The summed E-state index contributed by atoms with van der Waals surface area (Å²) < 4.78 is 5.86. The van der Waals surface area contributed by atoms with Crippen LogP contribution in [0.4, 0.5) is 0 Å². The second-order valence-electron chi connectivity index (χ2n) is 5.58. The van der Waals surface area contributed by atoms with Crippen LogP contribution in [0.15, 0.2) is 18.3 Å². The molecule has 1 aromatic rings. The molecule has 1 aromatic heterocycles. The minimum absolute atomic E-state index is 0.476. The lowest BCUT2D eigenvalue weighted by atomic mass is 9.78. The van der Waals surface area contributed by atoms with Crippen LogP contribution in [0, 0.1) is 18.3 Å². The average molecular weight is 233 g/mol. The van der Waals surface area contributed by atoms with E-state index in [1.807, 2.05) is 18.3 Å². The fraction of sp³-hybridized carbons (Fsp3) is 0.667. The first-order valence-corrected chi connectivity index (χ1v) is 6.69. The number of pyridine rings is 1. The first-order chi connectivity index (χ1) is 8.14. The van der Waals surface area contributed by atoms with Crippen molar-refractivity contribution in [2.75, 3.05) is 6.61 Å². The van der Waals surface area contributed by atoms with Gasteiger partial charge >= 0.3 is 0 Å². The maximum absolute atomic E-state index is 5.86. The number of ether oxygens (including phenoxy) is 1. The summed E-state index contributed by atoms with van der Waals surface area (Å²) in [5.74, 6) is 1.46. The van der Waals surface area contributed by atoms with Crippen molar-refractivity contribution in [1.29, 1.82) is 0 Å². The molecule has 1 saturated carbocycles. The van der Waals surface area contributed by atoms with E-state index in [-0.39, 0.29) is 0 Å². The van der Waals surface area contributed by atoms with Crippen LogP contribution in [0.1, 0.15) is 45.1 Å². The molecule has 0 saturated heterocycles. The van der Waals surface area contributed by atoms with E-state index in [0.717, 1.165) is 12.5 Å². The van der Waals surface area contributed by atoms with E-state index in [4.69, 9.17) is 4.74 Å². The molecule has 0 aliphatic heterocycles. The Labute approximate surface area is 104 Å². The molecule has 2 rings (SSSR count). The van der Waals surface area contributed by atoms with E-state index in [9.17, 15) is 0 Å². The van der Waals surface area contributed by atoms with Crippen LogP contribution in [0.5, 0.6) is 5.88 Å². The predicted molar refractivity (Wildman–Crippen MR) is 70.2 cm³/mol. The summed E-state index contributed by atoms with van der Waals surface area (Å²) in [6, 6.07) is 4.01. The van der Waals surface area contributed by atoms with E-state index >= 15 is 0 Å². The Morgan fingerprint density at radius 2 is 2.35 bits per heavy atom. The summed E-state index contributed by atoms with van der Waals surface area (Å²) in [5.41, 5.74) is 1.68. The van der Waals surface area contributed by atoms with Gasteiger partial charge in [0.05, 0.1) is 6.61 Å². The van der Waals surface area contributed by atoms with Gasteiger partial charge in [-0.15, -0.1) is 0 Å². The van der Waals surface area contributed by atoms with Gasteiger partial charge in [0.1, 0.15) is 0 Å². The molecule has 94 valence electrons. The Bertz CT molecular complexity index is 377. The van der Waals surface area contributed by atoms with Crippen LogP contribution >= 0.6 is 0 Å². The number of rotatable bonds is 4. The summed E-state index contributed by atoms with van der Waals surface area (Å²) >= 11 is 0. The Balaban J connectivity index is 1.94. The Morgan fingerprint density at radius 3 is 3.06 bits per heavy atom. The smallest absolute Gasteiger partial charge is 0.213 e. The van der Waals surface area contributed by atoms with Crippen molar-refractivity contribution in [3.05, 3.63) is 23.9 Å². The molecule has 1 fully saturated rings. The van der Waals surface area contributed by atoms with Crippen LogP contribution in [0.2, 0.25) is 0 Å². The van der Waals surface area contributed by atoms with E-state index < -0.39 is 0 Å². The van der Waals surface area contributed by atoms with Crippen LogP contribution in [0.25, 0.3) is 0 Å². The van der Waals surface area contributed by atoms with Gasteiger partial charge in [0.2, 0.25) is 5.88 Å². The third-order valence-electron chi connectivity index (χ3n) is 4.42. The molecule has 2 nitrogen and oxygen atoms in total. The van der Waals surface area contributed by atoms with Crippen molar-refractivity contribution in [2.45, 2.75) is 46.5 Å². The van der Waals surface area contributed by atoms with Crippen molar-refractivity contribution in [3.63, 3.8) is 0 Å². The highest BCUT2D eigenvalue weighted by Crippen LogP contribution is 2.45. The summed E-state index contributed by atoms with van der Waals surface area (Å²) in [4.78, 5) is 4.25. The van der Waals surface area contributed by atoms with E-state index in [0.29, 0.717) is 11.3 Å². The molecule has 17 heavy (non-hydrogen) atoms. The molecule has 1 aliphatic rings. The molecule has 1 aliphatic carbocycles. The standard InChI is InChI=1S/C15H23NO/c1-4-15(3)8-5-6-13(15)11-17-14-10-12(2)7-9-16-14/h7,9-10,13H,4-6,8,11H2,1-3H3/t13-,15-/m1/s1. The fourth-order valence-corrected chi connectivity index (χ4v) is 2.83. The number of aryl methyl sites for hydroxylation is 1. The van der Waals surface area contributed by atoms with Gasteiger partial charge in [-0.2, -0.15) is 0 Å². The first-order valence-electron chi connectivity index (χ1n) is 6.69. The number of aromatic nitrogens is 1. The molecular formula is C15H23NO. The van der Waals surface area contributed by atoms with Crippen molar-refractivity contribution in [2.24, 2.45) is 11.3 Å². The van der Waals surface area contributed by atoms with Crippen LogP contribution in [-0.4, -0.2) is 11.6 Å². The van der Waals surface area contributed by atoms with E-state index in [1.54, 1.807) is 0 Å². The van der Waals surface area contributed by atoms with E-state index in [1.165, 1.54) is 31.2 Å². The van der Waals surface area contributed by atoms with Crippen LogP contribution in [0.3, 0.4) is 0 Å². The second kappa shape index (κ2) is 5.07. The minimum atomic E-state index is 0.476. The monoisotopic (exact) mass is 233 g/mol. The number of hydrogen-bond acceptors (Lipinski definition) is 2. The van der Waals surface area contributed by atoms with Gasteiger partial charge in [0.25, 0.3) is 0 Å². The first kappa shape index (κ1) is 12.4. The molecule has 0 spiro atoms. The van der Waals surface area contributed by atoms with Gasteiger partial charge in [-0.1, -0.05) is 26.7 Å². The summed E-state index contributed by atoms with van der Waals surface area (Å²) in [5, 5.41) is 0. The zero-order valence-electron chi connectivity index (χ0n) is 11.2. The zero-order valence-corrected chi connectivity index (χ0v) is 11.2. The van der Waals surface area contributed by atoms with E-state index in [2.05, 4.69) is 25.8 Å². The number of hydrogen-bond donors (Lipinski definition) is 0. The highest BCUT2D eigenvalue weighted by molar-refractivity contribution is 5.18. The minimum Gasteiger partial charge on any atom is -0.477 e. The molecule has 0 N–H and O–H groups in total. The third-order valence-corrected chi connectivity index (χ3v) is 4.42. The van der Waals surface area contributed by atoms with Gasteiger partial charge < -0.3 is 4.74 Å². The summed E-state index contributed by atoms with van der Waals surface area (Å²) in [7, 11) is 0. The molecule has 0 radical (unpaired) electrons. The lowest BCUT2D eigenvalue weighted by Crippen LogP contribution is -2.26. The van der Waals surface area contributed by atoms with Crippen molar-refractivity contribution in [3.8, 4) is 5.88 Å². The summed E-state index contributed by atoms with van der Waals surface area (Å²) in [6.45, 7) is 7.59. The third kappa shape index (κ3) is 2.80. The van der Waals surface area contributed by atoms with Gasteiger partial charge in [0.15, 0.2) is 0 Å². The molecule has 2 atom stereocenters. The van der Waals surface area contributed by atoms with Crippen molar-refractivity contribution < 1.29 is 4.74 Å². The highest BCUT2D eigenvalue weighted by atomic mass is 16.5. The lowest BCUT2D eigenvalue weighted by molar-refractivity contribution is 0.137. The lowest BCUT2D eigenvalue weighted by Gasteiger charge is -2.30. The molecule has 0 aromatic carbocycles. The maximum atomic E-state index is 5.86. The SMILES string of the molecule is CC[C@]1(C)CCC[C@@H]1COc1cc(C)ccn1. The van der Waals surface area contributed by atoms with Crippen LogP contribution < -0.4 is 4.74 Å². The Kier molecular flexibility index (Phi) is 3.70. The van der Waals surface area contributed by atoms with Gasteiger partial charge in [-0.25, -0.2) is 4.98 Å². The quantitative estimate of drug-likeness (QED) is 0.784. The normalized spacial score (nSPS) is 28.3. The van der Waals surface area contributed by atoms with Crippen molar-refractivity contribution in [1.82, 2.24) is 4.98 Å². The van der Waals surface area contributed by atoms with Crippen molar-refractivity contribution >= 4 is 0 Å². The topological polar surface area (TPSA) is 22.1 Å². The molecule has 0 amide bonds. The maximum Gasteiger partial charge on any atom is 0.213 e. The number of nitrogens with zero attached hydrogens (tertiary/aromatic N) is 1. The molecule has 1 heterocycles. The largest absolute Gasteiger partial charge is 0.477 e. The fourth-order valence-electron chi connectivity index (χ4n) is 2.83. The summed E-state index contributed by atoms with van der Waals surface area (Å²) in [6.07, 6.45) is 7.06. The highest BCUT2D eigenvalue weighted by Gasteiger charge is 2.37. The predicted octanol–water partition coefficient (Wildman–Crippen LogP) is 3.99. The Morgan fingerprint density at radius 1 is 1.53 bits per heavy atom. The molecule has 0 unspecified atom stereocenters. The molecular weight excluding hydrogens is 210 g/mol.